The zero-order chi connectivity index (χ0) is 17.4. The van der Waals surface area contributed by atoms with Crippen molar-refractivity contribution >= 4 is 17.8 Å². The fraction of sp³-hybridized carbons (Fsp3) is 0.333. The Morgan fingerprint density at radius 1 is 1.36 bits per heavy atom. The number of rotatable bonds is 2. The molecule has 3 heterocycles. The Morgan fingerprint density at radius 3 is 3.00 bits per heavy atom. The Morgan fingerprint density at radius 2 is 2.24 bits per heavy atom. The summed E-state index contributed by atoms with van der Waals surface area (Å²) >= 11 is 0. The van der Waals surface area contributed by atoms with Crippen molar-refractivity contribution in [2.45, 2.75) is 31.8 Å². The zero-order valence-electron chi connectivity index (χ0n) is 13.6. The number of aromatic nitrogens is 2. The third kappa shape index (κ3) is 2.76. The number of nitrogens with one attached hydrogen (secondary N) is 1. The molecule has 1 atom stereocenters. The lowest BCUT2D eigenvalue weighted by Gasteiger charge is -2.29. The first kappa shape index (κ1) is 15.4. The van der Waals surface area contributed by atoms with Crippen LogP contribution in [-0.2, 0) is 16.1 Å². The number of fused-ring (bicyclic) bond motifs is 1. The van der Waals surface area contributed by atoms with Gasteiger partial charge in [-0.05, 0) is 25.0 Å². The number of aryl methyl sites for hydroxylation is 1. The predicted molar refractivity (Wildman–Crippen MR) is 90.5 cm³/mol. The van der Waals surface area contributed by atoms with Crippen LogP contribution in [0, 0.1) is 11.3 Å². The molecular weight excluding hydrogens is 318 g/mol. The van der Waals surface area contributed by atoms with Gasteiger partial charge in [0.15, 0.2) is 0 Å². The Hall–Kier alpha value is -3.14. The lowest BCUT2D eigenvalue weighted by Crippen LogP contribution is -2.47. The first-order valence-corrected chi connectivity index (χ1v) is 8.34. The summed E-state index contributed by atoms with van der Waals surface area (Å²) in [6.07, 6.45) is 3.68. The molecule has 1 aromatic heterocycles. The number of carbonyl (C=O) groups is 2. The van der Waals surface area contributed by atoms with Crippen LogP contribution in [0.2, 0.25) is 0 Å². The average Bonchev–Trinajstić information content (AvgIpc) is 3.27. The molecule has 1 aromatic carbocycles. The summed E-state index contributed by atoms with van der Waals surface area (Å²) < 4.78 is 1.96. The van der Waals surface area contributed by atoms with Crippen molar-refractivity contribution < 1.29 is 9.59 Å². The highest BCUT2D eigenvalue weighted by molar-refractivity contribution is 6.00. The van der Waals surface area contributed by atoms with Gasteiger partial charge >= 0.3 is 0 Å². The van der Waals surface area contributed by atoms with Gasteiger partial charge in [-0.25, -0.2) is 4.98 Å². The maximum atomic E-state index is 12.8. The van der Waals surface area contributed by atoms with Gasteiger partial charge in [-0.15, -0.1) is 0 Å². The van der Waals surface area contributed by atoms with E-state index >= 15 is 0 Å². The molecule has 2 amide bonds. The number of hydrogen-bond acceptors (Lipinski definition) is 4. The highest BCUT2D eigenvalue weighted by atomic mass is 16.2. The van der Waals surface area contributed by atoms with Crippen molar-refractivity contribution in [3.05, 3.63) is 36.0 Å². The molecule has 25 heavy (non-hydrogen) atoms. The van der Waals surface area contributed by atoms with E-state index < -0.39 is 6.04 Å². The van der Waals surface area contributed by atoms with E-state index in [9.17, 15) is 9.59 Å². The summed E-state index contributed by atoms with van der Waals surface area (Å²) in [6, 6.07) is 8.93. The lowest BCUT2D eigenvalue weighted by molar-refractivity contribution is -0.124. The van der Waals surface area contributed by atoms with Crippen LogP contribution in [0.1, 0.15) is 24.8 Å². The second-order valence-corrected chi connectivity index (χ2v) is 6.31. The monoisotopic (exact) mass is 335 g/mol. The molecule has 0 radical (unpaired) electrons. The maximum Gasteiger partial charge on any atom is 0.251 e. The van der Waals surface area contributed by atoms with E-state index in [2.05, 4.69) is 16.4 Å². The van der Waals surface area contributed by atoms with Crippen LogP contribution in [0.4, 0.5) is 5.95 Å². The Kier molecular flexibility index (Phi) is 3.73. The zero-order valence-corrected chi connectivity index (χ0v) is 13.6. The Bertz CT molecular complexity index is 895. The van der Waals surface area contributed by atoms with Gasteiger partial charge in [-0.1, -0.05) is 12.1 Å². The van der Waals surface area contributed by atoms with E-state index in [0.29, 0.717) is 30.9 Å². The third-order valence-electron chi connectivity index (χ3n) is 4.62. The van der Waals surface area contributed by atoms with E-state index in [-0.39, 0.29) is 11.8 Å². The normalized spacial score (nSPS) is 19.2. The molecule has 1 N–H and O–H groups in total. The molecule has 0 saturated carbocycles. The van der Waals surface area contributed by atoms with Gasteiger partial charge in [-0.2, -0.15) is 5.26 Å². The summed E-state index contributed by atoms with van der Waals surface area (Å²) in [5.74, 6) is 0.428. The van der Waals surface area contributed by atoms with Crippen molar-refractivity contribution in [3.63, 3.8) is 0 Å². The van der Waals surface area contributed by atoms with Gasteiger partial charge in [0.2, 0.25) is 11.9 Å². The second-order valence-electron chi connectivity index (χ2n) is 6.31. The molecule has 1 fully saturated rings. The van der Waals surface area contributed by atoms with Crippen LogP contribution in [0.15, 0.2) is 30.5 Å². The number of nitriles is 1. The highest BCUT2D eigenvalue weighted by Gasteiger charge is 2.34. The van der Waals surface area contributed by atoms with Crippen molar-refractivity contribution in [1.82, 2.24) is 14.9 Å². The van der Waals surface area contributed by atoms with E-state index in [1.807, 2.05) is 22.9 Å². The molecule has 7 heteroatoms. The molecule has 126 valence electrons. The Labute approximate surface area is 144 Å². The van der Waals surface area contributed by atoms with Crippen molar-refractivity contribution in [2.24, 2.45) is 0 Å². The maximum absolute atomic E-state index is 12.8. The highest BCUT2D eigenvalue weighted by Crippen LogP contribution is 2.28. The quantitative estimate of drug-likeness (QED) is 0.899. The first-order chi connectivity index (χ1) is 12.2. The molecule has 0 bridgehead atoms. The molecule has 2 aliphatic heterocycles. The van der Waals surface area contributed by atoms with Gasteiger partial charge < -0.3 is 9.88 Å². The molecule has 0 aliphatic carbocycles. The number of benzene rings is 1. The molecule has 4 rings (SSSR count). The summed E-state index contributed by atoms with van der Waals surface area (Å²) in [4.78, 5) is 30.5. The van der Waals surface area contributed by atoms with Crippen LogP contribution >= 0.6 is 0 Å². The fourth-order valence-electron chi connectivity index (χ4n) is 3.37. The largest absolute Gasteiger partial charge is 0.344 e. The van der Waals surface area contributed by atoms with Gasteiger partial charge in [0.25, 0.3) is 5.91 Å². The molecule has 2 aliphatic rings. The number of amides is 2. The van der Waals surface area contributed by atoms with Gasteiger partial charge in [0, 0.05) is 31.3 Å². The molecule has 0 spiro atoms. The predicted octanol–water partition coefficient (Wildman–Crippen LogP) is 1.44. The average molecular weight is 335 g/mol. The van der Waals surface area contributed by atoms with Crippen LogP contribution in [0.25, 0.3) is 11.3 Å². The minimum absolute atomic E-state index is 0.0762. The van der Waals surface area contributed by atoms with E-state index in [1.165, 1.54) is 0 Å². The van der Waals surface area contributed by atoms with E-state index in [0.717, 1.165) is 24.2 Å². The first-order valence-electron chi connectivity index (χ1n) is 8.34. The van der Waals surface area contributed by atoms with Crippen LogP contribution < -0.4 is 10.2 Å². The summed E-state index contributed by atoms with van der Waals surface area (Å²) in [5.41, 5.74) is 2.16. The third-order valence-corrected chi connectivity index (χ3v) is 4.62. The minimum atomic E-state index is -0.457. The smallest absolute Gasteiger partial charge is 0.251 e. The lowest BCUT2D eigenvalue weighted by atomic mass is 10.1. The molecular formula is C18H17N5O2. The van der Waals surface area contributed by atoms with Crippen LogP contribution in [0.3, 0.4) is 0 Å². The minimum Gasteiger partial charge on any atom is -0.344 e. The summed E-state index contributed by atoms with van der Waals surface area (Å²) in [7, 11) is 0. The topological polar surface area (TPSA) is 91.0 Å². The molecule has 0 unspecified atom stereocenters. The summed E-state index contributed by atoms with van der Waals surface area (Å²) in [6.45, 7) is 1.39. The Balaban J connectivity index is 1.66. The summed E-state index contributed by atoms with van der Waals surface area (Å²) in [5, 5.41) is 11.8. The number of hydrogen-bond donors (Lipinski definition) is 1. The van der Waals surface area contributed by atoms with Gasteiger partial charge in [-0.3, -0.25) is 14.5 Å². The number of carbonyl (C=O) groups excluding carboxylic acids is 2. The van der Waals surface area contributed by atoms with E-state index in [1.54, 1.807) is 17.0 Å². The molecule has 2 aromatic rings. The fourth-order valence-corrected chi connectivity index (χ4v) is 3.37. The van der Waals surface area contributed by atoms with Crippen LogP contribution in [0.5, 0.6) is 0 Å². The van der Waals surface area contributed by atoms with E-state index in [4.69, 9.17) is 5.26 Å². The van der Waals surface area contributed by atoms with Gasteiger partial charge in [0.05, 0.1) is 17.3 Å². The SMILES string of the molecule is N#Cc1cccc(-c2cn3c(n2)N(C(=O)[C@@H]2CCC(=O)N2)CCC3)c1. The van der Waals surface area contributed by atoms with Crippen molar-refractivity contribution in [1.29, 1.82) is 5.26 Å². The number of anilines is 1. The molecule has 7 nitrogen and oxygen atoms in total. The van der Waals surface area contributed by atoms with Crippen molar-refractivity contribution in [2.75, 3.05) is 11.4 Å². The number of nitrogens with zero attached hydrogens (tertiary/aromatic N) is 4. The number of imidazole rings is 1. The van der Waals surface area contributed by atoms with Crippen molar-refractivity contribution in [3.8, 4) is 17.3 Å². The second kappa shape index (κ2) is 6.06. The van der Waals surface area contributed by atoms with Crippen LogP contribution in [-0.4, -0.2) is 34.0 Å². The van der Waals surface area contributed by atoms with Gasteiger partial charge in [0.1, 0.15) is 6.04 Å². The molecule has 1 saturated heterocycles. The standard InChI is InChI=1S/C18H17N5O2/c19-10-12-3-1-4-13(9-12)15-11-22-7-2-8-23(18(22)21-15)17(25)14-5-6-16(24)20-14/h1,3-4,9,11,14H,2,5-8H2,(H,20,24)/t14-/m0/s1.